The van der Waals surface area contributed by atoms with Crippen LogP contribution in [0.2, 0.25) is 0 Å². The van der Waals surface area contributed by atoms with Gasteiger partial charge in [0.2, 0.25) is 0 Å². The topological polar surface area (TPSA) is 18.5 Å². The summed E-state index contributed by atoms with van der Waals surface area (Å²) >= 11 is 0. The molecule has 3 aliphatic carbocycles. The van der Waals surface area contributed by atoms with E-state index in [-0.39, 0.29) is 12.2 Å². The highest BCUT2D eigenvalue weighted by Gasteiger charge is 2.44. The van der Waals surface area contributed by atoms with Crippen molar-refractivity contribution < 1.29 is 31.4 Å². The lowest BCUT2D eigenvalue weighted by Gasteiger charge is -2.36. The zero-order valence-electron chi connectivity index (χ0n) is 21.8. The predicted octanol–water partition coefficient (Wildman–Crippen LogP) is 9.33. The summed E-state index contributed by atoms with van der Waals surface area (Å²) in [7, 11) is 0. The number of alkyl halides is 5. The van der Waals surface area contributed by atoms with Crippen LogP contribution in [0, 0.1) is 23.7 Å². The van der Waals surface area contributed by atoms with Gasteiger partial charge in [0.1, 0.15) is 0 Å². The highest BCUT2D eigenvalue weighted by molar-refractivity contribution is 5.24. The molecule has 0 N–H and O–H groups in total. The average Bonchev–Trinajstić information content (AvgIpc) is 2.87. The van der Waals surface area contributed by atoms with Crippen LogP contribution >= 0.6 is 0 Å². The van der Waals surface area contributed by atoms with E-state index in [2.05, 4.69) is 19.1 Å². The van der Waals surface area contributed by atoms with Crippen LogP contribution in [0.1, 0.15) is 95.1 Å². The number of rotatable bonds is 8. The van der Waals surface area contributed by atoms with Gasteiger partial charge in [0.15, 0.2) is 0 Å². The third kappa shape index (κ3) is 8.51. The predicted molar refractivity (Wildman–Crippen MR) is 134 cm³/mol. The summed E-state index contributed by atoms with van der Waals surface area (Å²) in [6, 6.07) is 5.16. The van der Waals surface area contributed by atoms with Crippen LogP contribution in [0.3, 0.4) is 0 Å². The van der Waals surface area contributed by atoms with Gasteiger partial charge >= 0.3 is 12.3 Å². The Balaban J connectivity index is 1.12. The third-order valence-corrected chi connectivity index (χ3v) is 8.68. The number of hydrogen-bond donors (Lipinski definition) is 0. The fourth-order valence-corrected chi connectivity index (χ4v) is 6.08. The van der Waals surface area contributed by atoms with Gasteiger partial charge in [-0.15, -0.1) is 0 Å². The Hall–Kier alpha value is -1.47. The normalized spacial score (nSPS) is 32.1. The third-order valence-electron chi connectivity index (χ3n) is 8.68. The Morgan fingerprint density at radius 1 is 0.703 bits per heavy atom. The maximum Gasteiger partial charge on any atom is 0.416 e. The highest BCUT2D eigenvalue weighted by atomic mass is 19.4. The van der Waals surface area contributed by atoms with E-state index in [9.17, 15) is 22.0 Å². The maximum absolute atomic E-state index is 14.7. The minimum Gasteiger partial charge on any atom is -0.374 e. The number of allylic oxidation sites excluding steroid dienone is 2. The van der Waals surface area contributed by atoms with Gasteiger partial charge in [-0.3, -0.25) is 0 Å². The second-order valence-electron chi connectivity index (χ2n) is 11.6. The van der Waals surface area contributed by atoms with Gasteiger partial charge < -0.3 is 9.47 Å². The Morgan fingerprint density at radius 3 is 1.73 bits per heavy atom. The van der Waals surface area contributed by atoms with Gasteiger partial charge in [-0.25, -0.2) is 0 Å². The first-order valence-corrected chi connectivity index (χ1v) is 14.1. The second-order valence-corrected chi connectivity index (χ2v) is 11.6. The quantitative estimate of drug-likeness (QED) is 0.247. The monoisotopic (exact) mass is 528 g/mol. The fourth-order valence-electron chi connectivity index (χ4n) is 6.08. The van der Waals surface area contributed by atoms with Crippen LogP contribution in [0.15, 0.2) is 36.4 Å². The van der Waals surface area contributed by atoms with Crippen molar-refractivity contribution >= 4 is 0 Å². The van der Waals surface area contributed by atoms with Crippen LogP contribution in [-0.4, -0.2) is 18.3 Å². The SMILES string of the molecule is CC1CCC(C(F)(F)OC2CCC(/C=C/C3CCC(OCc4ccc(C(F)(F)F)cc4)CC3)CC2)CC1. The molecule has 2 nitrogen and oxygen atoms in total. The van der Waals surface area contributed by atoms with Crippen LogP contribution in [0.5, 0.6) is 0 Å². The summed E-state index contributed by atoms with van der Waals surface area (Å²) in [5, 5.41) is 0. The molecule has 0 bridgehead atoms. The molecule has 0 spiro atoms. The molecule has 3 saturated carbocycles. The van der Waals surface area contributed by atoms with Crippen LogP contribution in [0.4, 0.5) is 22.0 Å². The van der Waals surface area contributed by atoms with Gasteiger partial charge in [0.05, 0.1) is 30.3 Å². The molecule has 0 atom stereocenters. The van der Waals surface area contributed by atoms with E-state index in [0.29, 0.717) is 50.0 Å². The fraction of sp³-hybridized carbons (Fsp3) is 0.733. The molecular formula is C30H41F5O2. The largest absolute Gasteiger partial charge is 0.416 e. The molecule has 0 radical (unpaired) electrons. The van der Waals surface area contributed by atoms with E-state index in [0.717, 1.165) is 69.1 Å². The summed E-state index contributed by atoms with van der Waals surface area (Å²) in [5.74, 6) is 0.843. The van der Waals surface area contributed by atoms with E-state index in [1.54, 1.807) is 0 Å². The Morgan fingerprint density at radius 2 is 1.22 bits per heavy atom. The number of ether oxygens (including phenoxy) is 2. The van der Waals surface area contributed by atoms with Crippen molar-refractivity contribution in [2.24, 2.45) is 23.7 Å². The van der Waals surface area contributed by atoms with Gasteiger partial charge in [-0.1, -0.05) is 44.1 Å². The van der Waals surface area contributed by atoms with Crippen molar-refractivity contribution in [3.63, 3.8) is 0 Å². The molecule has 7 heteroatoms. The lowest BCUT2D eigenvalue weighted by molar-refractivity contribution is -0.301. The summed E-state index contributed by atoms with van der Waals surface area (Å²) in [5.41, 5.74) is 0.109. The van der Waals surface area contributed by atoms with Gasteiger partial charge in [0, 0.05) is 0 Å². The molecule has 1 aromatic rings. The molecule has 4 rings (SSSR count). The summed E-state index contributed by atoms with van der Waals surface area (Å²) < 4.78 is 78.7. The average molecular weight is 529 g/mol. The number of halogens is 5. The minimum atomic E-state index is -4.32. The van der Waals surface area contributed by atoms with E-state index in [1.807, 2.05) is 0 Å². The number of benzene rings is 1. The van der Waals surface area contributed by atoms with E-state index >= 15 is 0 Å². The molecule has 3 fully saturated rings. The van der Waals surface area contributed by atoms with Crippen molar-refractivity contribution in [2.45, 2.75) is 115 Å². The van der Waals surface area contributed by atoms with Crippen LogP contribution in [0.25, 0.3) is 0 Å². The summed E-state index contributed by atoms with van der Waals surface area (Å²) in [6.07, 6.45) is 7.03. The standard InChI is InChI=1S/C30H41F5O2/c1-21-2-12-26(13-3-21)30(34,35)37-28-18-10-23(11-19-28)5-4-22-8-16-27(17-9-22)36-20-24-6-14-25(15-7-24)29(31,32)33/h4-7,14-15,21-23,26-28H,2-3,8-13,16-20H2,1H3/b5-4+. The van der Waals surface area contributed by atoms with E-state index < -0.39 is 23.8 Å². The van der Waals surface area contributed by atoms with Crippen molar-refractivity contribution in [1.82, 2.24) is 0 Å². The first kappa shape index (κ1) is 28.5. The molecule has 37 heavy (non-hydrogen) atoms. The van der Waals surface area contributed by atoms with E-state index in [4.69, 9.17) is 9.47 Å². The highest BCUT2D eigenvalue weighted by Crippen LogP contribution is 2.42. The minimum absolute atomic E-state index is 0.133. The summed E-state index contributed by atoms with van der Waals surface area (Å²) in [6.45, 7) is 2.46. The van der Waals surface area contributed by atoms with Gasteiger partial charge in [-0.2, -0.15) is 22.0 Å². The smallest absolute Gasteiger partial charge is 0.374 e. The zero-order chi connectivity index (χ0) is 26.5. The van der Waals surface area contributed by atoms with Crippen LogP contribution < -0.4 is 0 Å². The molecule has 0 unspecified atom stereocenters. The molecule has 0 heterocycles. The lowest BCUT2D eigenvalue weighted by atomic mass is 9.82. The van der Waals surface area contributed by atoms with Crippen molar-refractivity contribution in [1.29, 1.82) is 0 Å². The molecular weight excluding hydrogens is 487 g/mol. The molecule has 208 valence electrons. The first-order valence-electron chi connectivity index (χ1n) is 14.1. The Labute approximate surface area is 218 Å². The zero-order valence-corrected chi connectivity index (χ0v) is 21.8. The molecule has 0 saturated heterocycles. The van der Waals surface area contributed by atoms with Gasteiger partial charge in [-0.05, 0) is 99.7 Å². The Bertz CT molecular complexity index is 842. The Kier molecular flexibility index (Phi) is 9.71. The molecule has 1 aromatic carbocycles. The van der Waals surface area contributed by atoms with E-state index in [1.165, 1.54) is 12.1 Å². The van der Waals surface area contributed by atoms with Crippen LogP contribution in [-0.2, 0) is 22.3 Å². The van der Waals surface area contributed by atoms with Crippen molar-refractivity contribution in [3.05, 3.63) is 47.5 Å². The molecule has 0 aliphatic heterocycles. The number of hydrogen-bond acceptors (Lipinski definition) is 2. The lowest BCUT2D eigenvalue weighted by Crippen LogP contribution is -2.38. The maximum atomic E-state index is 14.7. The molecule has 3 aliphatic rings. The van der Waals surface area contributed by atoms with Gasteiger partial charge in [0.25, 0.3) is 0 Å². The van der Waals surface area contributed by atoms with Crippen molar-refractivity contribution in [3.8, 4) is 0 Å². The summed E-state index contributed by atoms with van der Waals surface area (Å²) in [4.78, 5) is 0. The molecule has 0 aromatic heterocycles. The first-order chi connectivity index (χ1) is 17.6. The van der Waals surface area contributed by atoms with Crippen molar-refractivity contribution in [2.75, 3.05) is 0 Å². The second kappa shape index (κ2) is 12.6. The molecule has 0 amide bonds.